The lowest BCUT2D eigenvalue weighted by Crippen LogP contribution is -2.51. The molecule has 3 amide bonds. The molecule has 0 aliphatic carbocycles. The van der Waals surface area contributed by atoms with Gasteiger partial charge in [0.25, 0.3) is 11.8 Å². The van der Waals surface area contributed by atoms with E-state index in [-0.39, 0.29) is 17.7 Å². The van der Waals surface area contributed by atoms with E-state index in [1.54, 1.807) is 48.2 Å². The maximum absolute atomic E-state index is 13.3. The molecule has 34 heavy (non-hydrogen) atoms. The molecule has 0 radical (unpaired) electrons. The van der Waals surface area contributed by atoms with Gasteiger partial charge < -0.3 is 19.4 Å². The molecule has 0 bridgehead atoms. The molecule has 176 valence electrons. The minimum atomic E-state index is -0.150. The first-order valence-electron chi connectivity index (χ1n) is 11.1. The van der Waals surface area contributed by atoms with Crippen LogP contribution in [-0.4, -0.2) is 67.9 Å². The Morgan fingerprint density at radius 2 is 1.68 bits per heavy atom. The fourth-order valence-electron chi connectivity index (χ4n) is 4.02. The van der Waals surface area contributed by atoms with Crippen LogP contribution in [0.15, 0.2) is 66.0 Å². The van der Waals surface area contributed by atoms with Gasteiger partial charge in [-0.25, -0.2) is 0 Å². The van der Waals surface area contributed by atoms with Gasteiger partial charge >= 0.3 is 0 Å². The molecule has 1 aromatic heterocycles. The number of amides is 3. The molecular weight excluding hydrogens is 450 g/mol. The lowest BCUT2D eigenvalue weighted by Gasteiger charge is -2.35. The minimum Gasteiger partial charge on any atom is -0.497 e. The number of hydrogen-bond donors (Lipinski definition) is 0. The SMILES string of the molecule is COc1cccc(CC(=O)N2CCN(C(=O)c3ccccc3N(C)C(=O)c3cccs3)CC2)c1. The van der Waals surface area contributed by atoms with Crippen LogP contribution in [0.4, 0.5) is 5.69 Å². The zero-order chi connectivity index (χ0) is 24.1. The number of hydrogen-bond acceptors (Lipinski definition) is 5. The summed E-state index contributed by atoms with van der Waals surface area (Å²) in [7, 11) is 3.29. The first-order valence-corrected chi connectivity index (χ1v) is 12.0. The summed E-state index contributed by atoms with van der Waals surface area (Å²) in [6.45, 7) is 1.83. The van der Waals surface area contributed by atoms with Crippen LogP contribution in [0.25, 0.3) is 0 Å². The molecule has 7 nitrogen and oxygen atoms in total. The second-order valence-corrected chi connectivity index (χ2v) is 9.01. The van der Waals surface area contributed by atoms with Crippen LogP contribution in [0.3, 0.4) is 0 Å². The van der Waals surface area contributed by atoms with E-state index in [2.05, 4.69) is 0 Å². The molecule has 1 aliphatic heterocycles. The van der Waals surface area contributed by atoms with Crippen molar-refractivity contribution in [2.24, 2.45) is 0 Å². The largest absolute Gasteiger partial charge is 0.497 e. The number of anilines is 1. The Hall–Kier alpha value is -3.65. The van der Waals surface area contributed by atoms with E-state index in [9.17, 15) is 14.4 Å². The van der Waals surface area contributed by atoms with E-state index in [4.69, 9.17) is 4.74 Å². The third-order valence-electron chi connectivity index (χ3n) is 5.94. The number of thiophene rings is 1. The highest BCUT2D eigenvalue weighted by Gasteiger charge is 2.28. The van der Waals surface area contributed by atoms with Crippen molar-refractivity contribution in [1.82, 2.24) is 9.80 Å². The average molecular weight is 478 g/mol. The Kier molecular flexibility index (Phi) is 7.27. The normalized spacial score (nSPS) is 13.5. The Balaban J connectivity index is 1.40. The molecule has 1 saturated heterocycles. The lowest BCUT2D eigenvalue weighted by molar-refractivity contribution is -0.131. The van der Waals surface area contributed by atoms with Crippen molar-refractivity contribution in [3.8, 4) is 5.75 Å². The summed E-state index contributed by atoms with van der Waals surface area (Å²) in [6, 6.07) is 18.2. The van der Waals surface area contributed by atoms with Crippen molar-refractivity contribution < 1.29 is 19.1 Å². The van der Waals surface area contributed by atoms with E-state index in [0.717, 1.165) is 11.3 Å². The van der Waals surface area contributed by atoms with Crippen LogP contribution in [-0.2, 0) is 11.2 Å². The van der Waals surface area contributed by atoms with Gasteiger partial charge in [0.15, 0.2) is 0 Å². The van der Waals surface area contributed by atoms with Crippen molar-refractivity contribution in [1.29, 1.82) is 0 Å². The summed E-state index contributed by atoms with van der Waals surface area (Å²) in [5, 5.41) is 1.85. The number of rotatable bonds is 6. The Bertz CT molecular complexity index is 1170. The van der Waals surface area contributed by atoms with Gasteiger partial charge in [-0.2, -0.15) is 0 Å². The number of nitrogens with zero attached hydrogens (tertiary/aromatic N) is 3. The number of para-hydroxylation sites is 1. The summed E-state index contributed by atoms with van der Waals surface area (Å²) in [4.78, 5) is 44.6. The van der Waals surface area contributed by atoms with Crippen LogP contribution >= 0.6 is 11.3 Å². The number of carbonyl (C=O) groups is 3. The standard InChI is InChI=1S/C26H27N3O4S/c1-27(26(32)23-11-6-16-34-23)22-10-4-3-9-21(22)25(31)29-14-12-28(13-15-29)24(30)18-19-7-5-8-20(17-19)33-2/h3-11,16-17H,12-15,18H2,1-2H3. The molecule has 0 spiro atoms. The fourth-order valence-corrected chi connectivity index (χ4v) is 4.72. The maximum atomic E-state index is 13.3. The zero-order valence-electron chi connectivity index (χ0n) is 19.3. The predicted octanol–water partition coefficient (Wildman–Crippen LogP) is 3.56. The summed E-state index contributed by atoms with van der Waals surface area (Å²) in [5.41, 5.74) is 1.95. The van der Waals surface area contributed by atoms with Gasteiger partial charge in [0, 0.05) is 33.2 Å². The van der Waals surface area contributed by atoms with E-state index < -0.39 is 0 Å². The van der Waals surface area contributed by atoms with Crippen LogP contribution < -0.4 is 9.64 Å². The highest BCUT2D eigenvalue weighted by Crippen LogP contribution is 2.24. The second-order valence-electron chi connectivity index (χ2n) is 8.06. The van der Waals surface area contributed by atoms with E-state index in [1.807, 2.05) is 41.8 Å². The van der Waals surface area contributed by atoms with Gasteiger partial charge in [-0.05, 0) is 41.3 Å². The molecule has 0 unspecified atom stereocenters. The van der Waals surface area contributed by atoms with Crippen LogP contribution in [0.2, 0.25) is 0 Å². The highest BCUT2D eigenvalue weighted by atomic mass is 32.1. The molecule has 8 heteroatoms. The van der Waals surface area contributed by atoms with E-state index >= 15 is 0 Å². The number of piperazine rings is 1. The summed E-state index contributed by atoms with van der Waals surface area (Å²) in [5.74, 6) is 0.466. The first kappa shape index (κ1) is 23.5. The minimum absolute atomic E-state index is 0.0297. The second kappa shape index (κ2) is 10.5. The highest BCUT2D eigenvalue weighted by molar-refractivity contribution is 7.12. The lowest BCUT2D eigenvalue weighted by atomic mass is 10.1. The van der Waals surface area contributed by atoms with Crippen LogP contribution in [0, 0.1) is 0 Å². The number of carbonyl (C=O) groups excluding carboxylic acids is 3. The van der Waals surface area contributed by atoms with Gasteiger partial charge in [-0.3, -0.25) is 14.4 Å². The van der Waals surface area contributed by atoms with Gasteiger partial charge in [-0.15, -0.1) is 11.3 Å². The van der Waals surface area contributed by atoms with Crippen molar-refractivity contribution in [3.63, 3.8) is 0 Å². The summed E-state index contributed by atoms with van der Waals surface area (Å²) in [6.07, 6.45) is 0.295. The Morgan fingerprint density at radius 3 is 2.38 bits per heavy atom. The molecule has 1 fully saturated rings. The number of benzene rings is 2. The van der Waals surface area contributed by atoms with Crippen molar-refractivity contribution in [3.05, 3.63) is 82.0 Å². The molecule has 0 saturated carbocycles. The molecule has 0 atom stereocenters. The van der Waals surface area contributed by atoms with Gasteiger partial charge in [-0.1, -0.05) is 30.3 Å². The van der Waals surface area contributed by atoms with Crippen LogP contribution in [0.5, 0.6) is 5.75 Å². The Labute approximate surface area is 203 Å². The zero-order valence-corrected chi connectivity index (χ0v) is 20.1. The quantitative estimate of drug-likeness (QED) is 0.544. The number of ether oxygens (including phenoxy) is 1. The van der Waals surface area contributed by atoms with Crippen molar-refractivity contribution in [2.45, 2.75) is 6.42 Å². The topological polar surface area (TPSA) is 70.2 Å². The van der Waals surface area contributed by atoms with E-state index in [1.165, 1.54) is 16.2 Å². The Morgan fingerprint density at radius 1 is 0.941 bits per heavy atom. The van der Waals surface area contributed by atoms with E-state index in [0.29, 0.717) is 48.7 Å². The third kappa shape index (κ3) is 5.12. The monoisotopic (exact) mass is 477 g/mol. The van der Waals surface area contributed by atoms with Crippen LogP contribution in [0.1, 0.15) is 25.6 Å². The maximum Gasteiger partial charge on any atom is 0.268 e. The molecule has 1 aliphatic rings. The first-order chi connectivity index (χ1) is 16.5. The smallest absolute Gasteiger partial charge is 0.268 e. The summed E-state index contributed by atoms with van der Waals surface area (Å²) >= 11 is 1.37. The fraction of sp³-hybridized carbons (Fsp3) is 0.269. The molecule has 2 aromatic carbocycles. The molecular formula is C26H27N3O4S. The van der Waals surface area contributed by atoms with Gasteiger partial charge in [0.1, 0.15) is 5.75 Å². The molecule has 0 N–H and O–H groups in total. The van der Waals surface area contributed by atoms with Crippen molar-refractivity contribution in [2.75, 3.05) is 45.2 Å². The van der Waals surface area contributed by atoms with Gasteiger partial charge in [0.05, 0.1) is 29.7 Å². The van der Waals surface area contributed by atoms with Crippen molar-refractivity contribution >= 4 is 34.7 Å². The van der Waals surface area contributed by atoms with Gasteiger partial charge in [0.2, 0.25) is 5.91 Å². The molecule has 4 rings (SSSR count). The predicted molar refractivity (Wildman–Crippen MR) is 133 cm³/mol. The third-order valence-corrected chi connectivity index (χ3v) is 6.80. The molecule has 3 aromatic rings. The average Bonchev–Trinajstić information content (AvgIpc) is 3.42. The molecule has 2 heterocycles. The summed E-state index contributed by atoms with van der Waals surface area (Å²) < 4.78 is 5.23. The number of methoxy groups -OCH3 is 1.